The number of aliphatic hydroxyl groups is 1. The second-order valence-electron chi connectivity index (χ2n) is 7.16. The molecule has 0 aromatic carbocycles. The minimum atomic E-state index is -0.302. The van der Waals surface area contributed by atoms with Crippen molar-refractivity contribution in [1.82, 2.24) is 9.78 Å². The first-order valence-corrected chi connectivity index (χ1v) is 8.06. The molecule has 1 fully saturated rings. The van der Waals surface area contributed by atoms with E-state index in [0.717, 1.165) is 43.6 Å². The van der Waals surface area contributed by atoms with E-state index < -0.39 is 0 Å². The van der Waals surface area contributed by atoms with Gasteiger partial charge in [0.25, 0.3) is 0 Å². The smallest absolute Gasteiger partial charge is 0.126 e. The Hall–Kier alpha value is -1.03. The van der Waals surface area contributed by atoms with E-state index in [9.17, 15) is 5.11 Å². The first-order chi connectivity index (χ1) is 9.50. The van der Waals surface area contributed by atoms with Gasteiger partial charge in [-0.2, -0.15) is 5.10 Å². The Bertz CT molecular complexity index is 492. The molecule has 0 aliphatic heterocycles. The Kier molecular flexibility index (Phi) is 3.53. The summed E-state index contributed by atoms with van der Waals surface area (Å²) in [4.78, 5) is 0. The summed E-state index contributed by atoms with van der Waals surface area (Å²) in [5.74, 6) is 0.802. The van der Waals surface area contributed by atoms with Gasteiger partial charge < -0.3 is 10.8 Å². The minimum Gasteiger partial charge on any atom is -0.391 e. The highest BCUT2D eigenvalue weighted by Crippen LogP contribution is 2.42. The summed E-state index contributed by atoms with van der Waals surface area (Å²) >= 11 is 0. The number of fused-ring (bicyclic) bond motifs is 1. The maximum absolute atomic E-state index is 10.4. The molecule has 2 unspecified atom stereocenters. The van der Waals surface area contributed by atoms with Gasteiger partial charge in [0, 0.05) is 5.56 Å². The van der Waals surface area contributed by atoms with Crippen LogP contribution in [0.3, 0.4) is 0 Å². The zero-order valence-electron chi connectivity index (χ0n) is 12.7. The van der Waals surface area contributed by atoms with Crippen molar-refractivity contribution in [1.29, 1.82) is 0 Å². The molecule has 1 aromatic rings. The second-order valence-corrected chi connectivity index (χ2v) is 7.16. The third-order valence-corrected chi connectivity index (χ3v) is 5.17. The summed E-state index contributed by atoms with van der Waals surface area (Å²) in [6.07, 6.45) is 8.43. The van der Waals surface area contributed by atoms with Crippen LogP contribution in [0, 0.1) is 0 Å². The lowest BCUT2D eigenvalue weighted by Crippen LogP contribution is -2.26. The largest absolute Gasteiger partial charge is 0.391 e. The van der Waals surface area contributed by atoms with E-state index in [-0.39, 0.29) is 17.6 Å². The third-order valence-electron chi connectivity index (χ3n) is 5.17. The topological polar surface area (TPSA) is 64.1 Å². The molecule has 1 saturated carbocycles. The summed E-state index contributed by atoms with van der Waals surface area (Å²) in [5, 5.41) is 15.2. The number of nitrogens with zero attached hydrogens (tertiary/aromatic N) is 2. The molecule has 1 aromatic heterocycles. The Morgan fingerprint density at radius 3 is 2.70 bits per heavy atom. The molecule has 0 radical (unpaired) electrons. The molecule has 4 heteroatoms. The van der Waals surface area contributed by atoms with Gasteiger partial charge >= 0.3 is 0 Å². The first-order valence-electron chi connectivity index (χ1n) is 8.06. The molecule has 3 N–H and O–H groups in total. The van der Waals surface area contributed by atoms with E-state index in [1.54, 1.807) is 0 Å². The number of nitrogens with two attached hydrogens (primary N) is 1. The predicted octanol–water partition coefficient (Wildman–Crippen LogP) is 2.95. The highest BCUT2D eigenvalue weighted by atomic mass is 16.3. The van der Waals surface area contributed by atoms with Crippen molar-refractivity contribution in [3.63, 3.8) is 0 Å². The average molecular weight is 277 g/mol. The number of hydrogen-bond donors (Lipinski definition) is 2. The van der Waals surface area contributed by atoms with Crippen molar-refractivity contribution in [3.8, 4) is 0 Å². The van der Waals surface area contributed by atoms with Crippen LogP contribution in [-0.4, -0.2) is 21.0 Å². The number of anilines is 1. The van der Waals surface area contributed by atoms with Crippen LogP contribution in [0.2, 0.25) is 0 Å². The highest BCUT2D eigenvalue weighted by Gasteiger charge is 2.35. The molecule has 2 aliphatic carbocycles. The van der Waals surface area contributed by atoms with Gasteiger partial charge in [0.1, 0.15) is 5.82 Å². The van der Waals surface area contributed by atoms with Crippen LogP contribution in [0.25, 0.3) is 0 Å². The standard InChI is InChI=1S/C16H27N3O/c1-16(2)10-6-7-11-14(16)15(17)19(18-11)12-8-4-3-5-9-13(12)20/h12-13,20H,3-10,17H2,1-2H3. The number of aromatic nitrogens is 2. The summed E-state index contributed by atoms with van der Waals surface area (Å²) in [6.45, 7) is 4.52. The van der Waals surface area contributed by atoms with E-state index in [2.05, 4.69) is 13.8 Å². The van der Waals surface area contributed by atoms with Gasteiger partial charge in [0.05, 0.1) is 17.8 Å². The van der Waals surface area contributed by atoms with E-state index in [0.29, 0.717) is 0 Å². The van der Waals surface area contributed by atoms with Crippen LogP contribution >= 0.6 is 0 Å². The molecular formula is C16H27N3O. The van der Waals surface area contributed by atoms with Crippen molar-refractivity contribution in [2.24, 2.45) is 0 Å². The lowest BCUT2D eigenvalue weighted by atomic mass is 9.75. The lowest BCUT2D eigenvalue weighted by Gasteiger charge is -2.29. The van der Waals surface area contributed by atoms with Gasteiger partial charge in [0.2, 0.25) is 0 Å². The van der Waals surface area contributed by atoms with Crippen molar-refractivity contribution in [3.05, 3.63) is 11.3 Å². The maximum atomic E-state index is 10.4. The van der Waals surface area contributed by atoms with Gasteiger partial charge in [-0.1, -0.05) is 33.1 Å². The molecule has 3 rings (SSSR count). The summed E-state index contributed by atoms with van der Waals surface area (Å²) < 4.78 is 1.95. The summed E-state index contributed by atoms with van der Waals surface area (Å²) in [6, 6.07) is 0.0684. The SMILES string of the molecule is CC1(C)CCCc2nn(C3CCCCCC3O)c(N)c21. The molecule has 0 bridgehead atoms. The lowest BCUT2D eigenvalue weighted by molar-refractivity contribution is 0.1000. The molecular weight excluding hydrogens is 250 g/mol. The highest BCUT2D eigenvalue weighted by molar-refractivity contribution is 5.50. The molecule has 0 amide bonds. The van der Waals surface area contributed by atoms with Gasteiger partial charge in [-0.05, 0) is 37.5 Å². The van der Waals surface area contributed by atoms with Gasteiger partial charge in [0.15, 0.2) is 0 Å². The molecule has 1 heterocycles. The van der Waals surface area contributed by atoms with Crippen LogP contribution < -0.4 is 5.73 Å². The van der Waals surface area contributed by atoms with Gasteiger partial charge in [-0.15, -0.1) is 0 Å². The van der Waals surface area contributed by atoms with E-state index in [4.69, 9.17) is 10.8 Å². The van der Waals surface area contributed by atoms with Crippen LogP contribution in [0.5, 0.6) is 0 Å². The van der Waals surface area contributed by atoms with E-state index in [1.807, 2.05) is 4.68 Å². The Labute approximate surface area is 121 Å². The Morgan fingerprint density at radius 2 is 1.95 bits per heavy atom. The van der Waals surface area contributed by atoms with Gasteiger partial charge in [-0.3, -0.25) is 0 Å². The predicted molar refractivity (Wildman–Crippen MR) is 80.7 cm³/mol. The van der Waals surface area contributed by atoms with Crippen LogP contribution in [0.15, 0.2) is 0 Å². The fraction of sp³-hybridized carbons (Fsp3) is 0.812. The molecule has 4 nitrogen and oxygen atoms in total. The molecule has 2 atom stereocenters. The zero-order chi connectivity index (χ0) is 14.3. The van der Waals surface area contributed by atoms with Gasteiger partial charge in [-0.25, -0.2) is 4.68 Å². The summed E-state index contributed by atoms with van der Waals surface area (Å²) in [5.41, 5.74) is 8.95. The Balaban J connectivity index is 2.00. The minimum absolute atomic E-state index is 0.0684. The molecule has 20 heavy (non-hydrogen) atoms. The molecule has 112 valence electrons. The van der Waals surface area contributed by atoms with Crippen molar-refractivity contribution < 1.29 is 5.11 Å². The molecule has 2 aliphatic rings. The number of rotatable bonds is 1. The van der Waals surface area contributed by atoms with Crippen LogP contribution in [-0.2, 0) is 11.8 Å². The monoisotopic (exact) mass is 277 g/mol. The maximum Gasteiger partial charge on any atom is 0.126 e. The summed E-state index contributed by atoms with van der Waals surface area (Å²) in [7, 11) is 0. The number of nitrogen functional groups attached to an aromatic ring is 1. The Morgan fingerprint density at radius 1 is 1.20 bits per heavy atom. The van der Waals surface area contributed by atoms with E-state index >= 15 is 0 Å². The van der Waals surface area contributed by atoms with E-state index in [1.165, 1.54) is 24.8 Å². The number of hydrogen-bond acceptors (Lipinski definition) is 3. The number of aryl methyl sites for hydroxylation is 1. The number of aliphatic hydroxyl groups excluding tert-OH is 1. The quantitative estimate of drug-likeness (QED) is 0.776. The van der Waals surface area contributed by atoms with Crippen molar-refractivity contribution >= 4 is 5.82 Å². The van der Waals surface area contributed by atoms with Crippen molar-refractivity contribution in [2.45, 2.75) is 82.8 Å². The first kappa shape index (κ1) is 13.9. The third kappa shape index (κ3) is 2.24. The van der Waals surface area contributed by atoms with Crippen LogP contribution in [0.4, 0.5) is 5.82 Å². The van der Waals surface area contributed by atoms with Crippen molar-refractivity contribution in [2.75, 3.05) is 5.73 Å². The normalized spacial score (nSPS) is 29.8. The second kappa shape index (κ2) is 5.06. The fourth-order valence-corrected chi connectivity index (χ4v) is 4.04. The molecule has 0 spiro atoms. The zero-order valence-corrected chi connectivity index (χ0v) is 12.7. The average Bonchev–Trinajstić information content (AvgIpc) is 2.57. The fourth-order valence-electron chi connectivity index (χ4n) is 4.04. The van der Waals surface area contributed by atoms with Crippen LogP contribution in [0.1, 0.15) is 76.1 Å². The molecule has 0 saturated heterocycles.